The van der Waals surface area contributed by atoms with Gasteiger partial charge in [0, 0.05) is 12.2 Å². The Morgan fingerprint density at radius 3 is 2.87 bits per heavy atom. The van der Waals surface area contributed by atoms with E-state index < -0.39 is 11.9 Å². The van der Waals surface area contributed by atoms with Gasteiger partial charge in [0.05, 0.1) is 12.3 Å². The van der Waals surface area contributed by atoms with Crippen LogP contribution >= 0.6 is 0 Å². The van der Waals surface area contributed by atoms with E-state index in [4.69, 9.17) is 4.42 Å². The highest BCUT2D eigenvalue weighted by atomic mass is 19.4. The van der Waals surface area contributed by atoms with Gasteiger partial charge in [-0.15, -0.1) is 0 Å². The summed E-state index contributed by atoms with van der Waals surface area (Å²) in [4.78, 5) is 14.1. The number of alkyl halides is 3. The molecule has 1 atom stereocenters. The number of hydrogen-bond acceptors (Lipinski definition) is 3. The second kappa shape index (κ2) is 5.75. The molecule has 2 aromatic heterocycles. The van der Waals surface area contributed by atoms with Gasteiger partial charge in [-0.2, -0.15) is 18.3 Å². The molecule has 0 bridgehead atoms. The fourth-order valence-electron chi connectivity index (χ4n) is 2.87. The number of aryl methyl sites for hydroxylation is 1. The van der Waals surface area contributed by atoms with Crippen molar-refractivity contribution < 1.29 is 22.4 Å². The number of carbonyl (C=O) groups excluding carboxylic acids is 1. The molecule has 1 aliphatic rings. The van der Waals surface area contributed by atoms with Crippen LogP contribution in [-0.2, 0) is 17.5 Å². The molecule has 1 aliphatic heterocycles. The summed E-state index contributed by atoms with van der Waals surface area (Å²) in [7, 11) is 0. The van der Waals surface area contributed by atoms with Crippen molar-refractivity contribution in [2.75, 3.05) is 6.54 Å². The van der Waals surface area contributed by atoms with Gasteiger partial charge in [0.2, 0.25) is 5.91 Å². The first-order valence-electron chi connectivity index (χ1n) is 7.31. The molecular weight excluding hydrogens is 311 g/mol. The maximum Gasteiger partial charge on any atom is 0.435 e. The molecule has 1 amide bonds. The Hall–Kier alpha value is -2.25. The second-order valence-corrected chi connectivity index (χ2v) is 5.59. The van der Waals surface area contributed by atoms with Crippen LogP contribution in [0, 0.1) is 6.92 Å². The average Bonchev–Trinajstić information content (AvgIpc) is 3.17. The average molecular weight is 327 g/mol. The van der Waals surface area contributed by atoms with E-state index in [0.29, 0.717) is 18.0 Å². The SMILES string of the molecule is Cc1cc(C(F)(F)F)nn1CC(=O)N1CCC[C@H]1c1ccco1. The Bertz CT molecular complexity index is 691. The lowest BCUT2D eigenvalue weighted by Crippen LogP contribution is -2.33. The van der Waals surface area contributed by atoms with Crippen LogP contribution in [0.25, 0.3) is 0 Å². The molecule has 2 aromatic rings. The van der Waals surface area contributed by atoms with E-state index in [2.05, 4.69) is 5.10 Å². The van der Waals surface area contributed by atoms with E-state index in [1.807, 2.05) is 0 Å². The molecule has 8 heteroatoms. The van der Waals surface area contributed by atoms with Gasteiger partial charge in [-0.25, -0.2) is 0 Å². The number of nitrogens with zero attached hydrogens (tertiary/aromatic N) is 3. The summed E-state index contributed by atoms with van der Waals surface area (Å²) in [5, 5.41) is 3.50. The molecule has 0 saturated carbocycles. The number of halogens is 3. The zero-order chi connectivity index (χ0) is 16.6. The molecule has 0 unspecified atom stereocenters. The zero-order valence-corrected chi connectivity index (χ0v) is 12.5. The molecule has 0 spiro atoms. The molecular formula is C15H16F3N3O2. The summed E-state index contributed by atoms with van der Waals surface area (Å²) >= 11 is 0. The van der Waals surface area contributed by atoms with Crippen molar-refractivity contribution in [2.24, 2.45) is 0 Å². The minimum absolute atomic E-state index is 0.157. The van der Waals surface area contributed by atoms with Crippen molar-refractivity contribution >= 4 is 5.91 Å². The third-order valence-corrected chi connectivity index (χ3v) is 4.00. The van der Waals surface area contributed by atoms with Gasteiger partial charge >= 0.3 is 6.18 Å². The first kappa shape index (κ1) is 15.6. The van der Waals surface area contributed by atoms with Gasteiger partial charge in [-0.05, 0) is 38.0 Å². The van der Waals surface area contributed by atoms with E-state index in [0.717, 1.165) is 23.6 Å². The van der Waals surface area contributed by atoms with E-state index >= 15 is 0 Å². The van der Waals surface area contributed by atoms with Crippen LogP contribution < -0.4 is 0 Å². The molecule has 5 nitrogen and oxygen atoms in total. The maximum atomic E-state index is 12.7. The van der Waals surface area contributed by atoms with Crippen molar-refractivity contribution in [2.45, 2.75) is 38.5 Å². The highest BCUT2D eigenvalue weighted by Gasteiger charge is 2.36. The Balaban J connectivity index is 1.75. The van der Waals surface area contributed by atoms with Crippen LogP contribution in [0.1, 0.15) is 36.0 Å². The lowest BCUT2D eigenvalue weighted by Gasteiger charge is -2.23. The first-order chi connectivity index (χ1) is 10.9. The number of carbonyl (C=O) groups is 1. The zero-order valence-electron chi connectivity index (χ0n) is 12.5. The van der Waals surface area contributed by atoms with E-state index in [1.54, 1.807) is 23.3 Å². The molecule has 0 aromatic carbocycles. The predicted octanol–water partition coefficient (Wildman–Crippen LogP) is 3.17. The lowest BCUT2D eigenvalue weighted by molar-refractivity contribution is -0.142. The van der Waals surface area contributed by atoms with Crippen molar-refractivity contribution in [1.29, 1.82) is 0 Å². The van der Waals surface area contributed by atoms with Gasteiger partial charge in [-0.1, -0.05) is 0 Å². The van der Waals surface area contributed by atoms with Crippen molar-refractivity contribution in [3.63, 3.8) is 0 Å². The van der Waals surface area contributed by atoms with Crippen LogP contribution in [0.2, 0.25) is 0 Å². The maximum absolute atomic E-state index is 12.7. The molecule has 3 rings (SSSR count). The normalized spacial score (nSPS) is 18.6. The number of hydrogen-bond donors (Lipinski definition) is 0. The topological polar surface area (TPSA) is 51.3 Å². The van der Waals surface area contributed by atoms with Crippen LogP contribution in [0.3, 0.4) is 0 Å². The third kappa shape index (κ3) is 3.11. The van der Waals surface area contributed by atoms with Crippen LogP contribution in [0.4, 0.5) is 13.2 Å². The van der Waals surface area contributed by atoms with Crippen LogP contribution in [-0.4, -0.2) is 27.1 Å². The largest absolute Gasteiger partial charge is 0.467 e. The predicted molar refractivity (Wildman–Crippen MR) is 74.4 cm³/mol. The van der Waals surface area contributed by atoms with Crippen molar-refractivity contribution in [1.82, 2.24) is 14.7 Å². The molecule has 1 saturated heterocycles. The van der Waals surface area contributed by atoms with Gasteiger partial charge in [0.25, 0.3) is 0 Å². The fourth-order valence-corrected chi connectivity index (χ4v) is 2.87. The number of likely N-dealkylation sites (tertiary alicyclic amines) is 1. The van der Waals surface area contributed by atoms with E-state index in [1.165, 1.54) is 6.92 Å². The number of furan rings is 1. The van der Waals surface area contributed by atoms with Crippen LogP contribution in [0.5, 0.6) is 0 Å². The van der Waals surface area contributed by atoms with Crippen molar-refractivity contribution in [3.8, 4) is 0 Å². The Morgan fingerprint density at radius 2 is 2.26 bits per heavy atom. The molecule has 0 N–H and O–H groups in total. The molecule has 23 heavy (non-hydrogen) atoms. The third-order valence-electron chi connectivity index (χ3n) is 4.00. The van der Waals surface area contributed by atoms with E-state index in [-0.39, 0.29) is 18.5 Å². The second-order valence-electron chi connectivity index (χ2n) is 5.59. The summed E-state index contributed by atoms with van der Waals surface area (Å²) in [5.41, 5.74) is -0.675. The quantitative estimate of drug-likeness (QED) is 0.870. The summed E-state index contributed by atoms with van der Waals surface area (Å²) in [6, 6.07) is 4.35. The summed E-state index contributed by atoms with van der Waals surface area (Å²) in [5.74, 6) is 0.438. The number of rotatable bonds is 3. The molecule has 1 fully saturated rings. The number of amides is 1. The summed E-state index contributed by atoms with van der Waals surface area (Å²) < 4.78 is 44.5. The summed E-state index contributed by atoms with van der Waals surface area (Å²) in [6.07, 6.45) is -1.35. The first-order valence-corrected chi connectivity index (χ1v) is 7.31. The Kier molecular flexibility index (Phi) is 3.91. The van der Waals surface area contributed by atoms with Gasteiger partial charge in [-0.3, -0.25) is 9.48 Å². The van der Waals surface area contributed by atoms with Crippen LogP contribution in [0.15, 0.2) is 28.9 Å². The molecule has 0 radical (unpaired) electrons. The van der Waals surface area contributed by atoms with Gasteiger partial charge < -0.3 is 9.32 Å². The molecule has 124 valence electrons. The monoisotopic (exact) mass is 327 g/mol. The lowest BCUT2D eigenvalue weighted by atomic mass is 10.1. The molecule has 0 aliphatic carbocycles. The van der Waals surface area contributed by atoms with E-state index in [9.17, 15) is 18.0 Å². The highest BCUT2D eigenvalue weighted by molar-refractivity contribution is 5.76. The summed E-state index contributed by atoms with van der Waals surface area (Å²) in [6.45, 7) is 1.86. The standard InChI is InChI=1S/C15H16F3N3O2/c1-10-8-13(15(16,17)18)19-21(10)9-14(22)20-6-2-4-11(20)12-5-3-7-23-12/h3,5,7-8,11H,2,4,6,9H2,1H3/t11-/m0/s1. The number of aromatic nitrogens is 2. The minimum Gasteiger partial charge on any atom is -0.467 e. The molecule has 3 heterocycles. The Labute approximate surface area is 130 Å². The van der Waals surface area contributed by atoms with Gasteiger partial charge in [0.1, 0.15) is 12.3 Å². The van der Waals surface area contributed by atoms with Crippen molar-refractivity contribution in [3.05, 3.63) is 41.6 Å². The fraction of sp³-hybridized carbons (Fsp3) is 0.467. The Morgan fingerprint density at radius 1 is 1.48 bits per heavy atom. The smallest absolute Gasteiger partial charge is 0.435 e. The van der Waals surface area contributed by atoms with Gasteiger partial charge in [0.15, 0.2) is 5.69 Å². The minimum atomic E-state index is -4.51. The highest BCUT2D eigenvalue weighted by Crippen LogP contribution is 2.33.